The molecule has 1 amide bonds. The molecule has 7 rings (SSSR count). The lowest BCUT2D eigenvalue weighted by Gasteiger charge is -2.35. The molecule has 3 aromatic carbocycles. The number of benzene rings is 3. The molecule has 0 radical (unpaired) electrons. The van der Waals surface area contributed by atoms with Gasteiger partial charge in [-0.1, -0.05) is 35.3 Å². The molecule has 1 saturated heterocycles. The lowest BCUT2D eigenvalue weighted by molar-refractivity contribution is -0.134. The van der Waals surface area contributed by atoms with Crippen LogP contribution in [0.25, 0.3) is 10.9 Å². The molecule has 0 atom stereocenters. The van der Waals surface area contributed by atoms with Crippen molar-refractivity contribution in [3.8, 4) is 23.1 Å². The highest BCUT2D eigenvalue weighted by atomic mass is 35.5. The molecule has 2 aromatic heterocycles. The second-order valence-electron chi connectivity index (χ2n) is 12.4. The Labute approximate surface area is 319 Å². The number of ether oxygens (including phenoxy) is 3. The highest BCUT2D eigenvalue weighted by Crippen LogP contribution is 2.33. The molecule has 0 saturated carbocycles. The molecule has 0 spiro atoms. The molecule has 13 nitrogen and oxygen atoms in total. The van der Waals surface area contributed by atoms with Gasteiger partial charge < -0.3 is 33.9 Å². The number of carbonyl (C=O) groups excluding carboxylic acids is 2. The third-order valence-corrected chi connectivity index (χ3v) is 9.35. The molecule has 2 aliphatic rings. The van der Waals surface area contributed by atoms with Gasteiger partial charge in [0.1, 0.15) is 12.3 Å². The van der Waals surface area contributed by atoms with Gasteiger partial charge in [-0.2, -0.15) is 0 Å². The van der Waals surface area contributed by atoms with E-state index in [0.29, 0.717) is 52.5 Å². The number of amides is 1. The summed E-state index contributed by atoms with van der Waals surface area (Å²) in [6, 6.07) is 22.2. The summed E-state index contributed by atoms with van der Waals surface area (Å²) >= 11 is 12.0. The first kappa shape index (κ1) is 37.9. The van der Waals surface area contributed by atoms with E-state index in [1.54, 1.807) is 30.5 Å². The van der Waals surface area contributed by atoms with E-state index >= 15 is 0 Å². The number of ketones is 1. The van der Waals surface area contributed by atoms with Crippen molar-refractivity contribution in [1.82, 2.24) is 19.4 Å². The Kier molecular flexibility index (Phi) is 12.1. The number of aromatic nitrogens is 2. The molecule has 15 heteroatoms. The molecule has 1 fully saturated rings. The van der Waals surface area contributed by atoms with Crippen molar-refractivity contribution in [1.29, 1.82) is 0 Å². The maximum atomic E-state index is 13.2. The van der Waals surface area contributed by atoms with Gasteiger partial charge in [0.15, 0.2) is 17.3 Å². The zero-order valence-electron chi connectivity index (χ0n) is 28.7. The van der Waals surface area contributed by atoms with E-state index in [1.807, 2.05) is 58.1 Å². The lowest BCUT2D eigenvalue weighted by Crippen LogP contribution is -2.49. The van der Waals surface area contributed by atoms with Gasteiger partial charge in [-0.15, -0.1) is 0 Å². The van der Waals surface area contributed by atoms with Crippen LogP contribution in [-0.2, 0) is 33.9 Å². The third-order valence-electron chi connectivity index (χ3n) is 8.61. The Hall–Kier alpha value is -5.89. The first-order chi connectivity index (χ1) is 26.0. The average molecular weight is 774 g/mol. The number of halogens is 2. The Morgan fingerprint density at radius 2 is 1.54 bits per heavy atom. The van der Waals surface area contributed by atoms with Crippen molar-refractivity contribution < 1.29 is 43.6 Å². The standard InChI is InChI=1S/C35H30Cl2N4O5.C4H4O4/c36-28-5-3-26(18-29(28)37)31(42)15-23-2-8-34(38-19-23)46-27-4-6-30-25(17-27)9-10-41(30)21-35(43)40-13-11-39(12-14-40)20-24-1-7-32-33(16-24)45-22-44-32;5-3(6)1-2-4(7)8/h1-10,16-19H,11-15,20-22H2;1-2H,(H,5,6)(H,7,8)/b;2-1+. The van der Waals surface area contributed by atoms with Crippen LogP contribution in [0.15, 0.2) is 97.3 Å². The van der Waals surface area contributed by atoms with Crippen LogP contribution >= 0.6 is 23.2 Å². The van der Waals surface area contributed by atoms with E-state index < -0.39 is 11.9 Å². The number of piperazine rings is 1. The monoisotopic (exact) mass is 772 g/mol. The Bertz CT molecular complexity index is 2200. The number of carboxylic acid groups (broad SMARTS) is 2. The van der Waals surface area contributed by atoms with Crippen molar-refractivity contribution in [2.24, 2.45) is 0 Å². The number of hydrogen-bond acceptors (Lipinski definition) is 9. The van der Waals surface area contributed by atoms with Crippen LogP contribution in [0.4, 0.5) is 0 Å². The van der Waals surface area contributed by atoms with Gasteiger partial charge in [0.05, 0.1) is 10.0 Å². The van der Waals surface area contributed by atoms with Crippen LogP contribution in [0, 0.1) is 0 Å². The van der Waals surface area contributed by atoms with Crippen molar-refractivity contribution in [3.63, 3.8) is 0 Å². The van der Waals surface area contributed by atoms with Gasteiger partial charge in [0, 0.05) is 86.2 Å². The summed E-state index contributed by atoms with van der Waals surface area (Å²) in [5.41, 5.74) is 3.37. The first-order valence-electron chi connectivity index (χ1n) is 16.7. The summed E-state index contributed by atoms with van der Waals surface area (Å²) < 4.78 is 18.9. The Balaban J connectivity index is 0.000000561. The molecular formula is C39H34Cl2N4O9. The maximum absolute atomic E-state index is 13.2. The second-order valence-corrected chi connectivity index (χ2v) is 13.2. The molecule has 54 heavy (non-hydrogen) atoms. The van der Waals surface area contributed by atoms with Crippen molar-refractivity contribution in [2.75, 3.05) is 33.0 Å². The highest BCUT2D eigenvalue weighted by molar-refractivity contribution is 6.42. The quantitative estimate of drug-likeness (QED) is 0.114. The van der Waals surface area contributed by atoms with Gasteiger partial charge in [-0.25, -0.2) is 14.6 Å². The fraction of sp³-hybridized carbons (Fsp3) is 0.205. The van der Waals surface area contributed by atoms with E-state index in [2.05, 4.69) is 16.0 Å². The molecule has 0 bridgehead atoms. The van der Waals surface area contributed by atoms with E-state index in [1.165, 1.54) is 5.56 Å². The number of aliphatic carboxylic acids is 2. The Morgan fingerprint density at radius 3 is 2.24 bits per heavy atom. The minimum absolute atomic E-state index is 0.0812. The summed E-state index contributed by atoms with van der Waals surface area (Å²) in [4.78, 5) is 53.6. The minimum atomic E-state index is -1.26. The molecule has 5 aromatic rings. The summed E-state index contributed by atoms with van der Waals surface area (Å²) in [6.07, 6.45) is 4.85. The number of nitrogens with zero attached hydrogens (tertiary/aromatic N) is 4. The number of rotatable bonds is 11. The number of carboxylic acids is 2. The molecular weight excluding hydrogens is 739 g/mol. The summed E-state index contributed by atoms with van der Waals surface area (Å²) in [7, 11) is 0. The third kappa shape index (κ3) is 9.95. The fourth-order valence-electron chi connectivity index (χ4n) is 5.87. The molecule has 278 valence electrons. The minimum Gasteiger partial charge on any atom is -0.478 e. The van der Waals surface area contributed by atoms with Crippen LogP contribution in [0.1, 0.15) is 21.5 Å². The van der Waals surface area contributed by atoms with Crippen LogP contribution < -0.4 is 14.2 Å². The molecule has 4 heterocycles. The highest BCUT2D eigenvalue weighted by Gasteiger charge is 2.23. The van der Waals surface area contributed by atoms with E-state index in [4.69, 9.17) is 47.6 Å². The Morgan fingerprint density at radius 1 is 0.796 bits per heavy atom. The number of hydrogen-bond donors (Lipinski definition) is 2. The topological polar surface area (TPSA) is 161 Å². The van der Waals surface area contributed by atoms with Crippen molar-refractivity contribution in [2.45, 2.75) is 19.5 Å². The van der Waals surface area contributed by atoms with Crippen LogP contribution in [0.2, 0.25) is 10.0 Å². The fourth-order valence-corrected chi connectivity index (χ4v) is 6.17. The zero-order chi connectivity index (χ0) is 38.2. The molecule has 0 aliphatic carbocycles. The molecule has 0 unspecified atom stereocenters. The lowest BCUT2D eigenvalue weighted by atomic mass is 10.0. The van der Waals surface area contributed by atoms with Gasteiger partial charge in [-0.05, 0) is 65.7 Å². The first-order valence-corrected chi connectivity index (χ1v) is 17.5. The van der Waals surface area contributed by atoms with Gasteiger partial charge in [0.25, 0.3) is 0 Å². The van der Waals surface area contributed by atoms with E-state index in [-0.39, 0.29) is 31.4 Å². The second kappa shape index (κ2) is 17.3. The normalized spacial score (nSPS) is 13.8. The predicted octanol–water partition coefficient (Wildman–Crippen LogP) is 6.35. The summed E-state index contributed by atoms with van der Waals surface area (Å²) in [6.45, 7) is 4.37. The largest absolute Gasteiger partial charge is 0.478 e. The average Bonchev–Trinajstić information content (AvgIpc) is 3.79. The van der Waals surface area contributed by atoms with Crippen molar-refractivity contribution >= 4 is 57.7 Å². The van der Waals surface area contributed by atoms with Crippen LogP contribution in [-0.4, -0.2) is 86.2 Å². The molecule has 2 aliphatic heterocycles. The predicted molar refractivity (Wildman–Crippen MR) is 200 cm³/mol. The number of fused-ring (bicyclic) bond motifs is 2. The smallest absolute Gasteiger partial charge is 0.328 e. The zero-order valence-corrected chi connectivity index (χ0v) is 30.2. The molecule has 2 N–H and O–H groups in total. The summed E-state index contributed by atoms with van der Waals surface area (Å²) in [5.74, 6) is 0.127. The number of Topliss-reactive ketones (excluding diaryl/α,β-unsaturated/α-hetero) is 1. The SMILES string of the molecule is O=C(Cc1ccc(Oc2ccc3c(ccn3CC(=O)N3CCN(Cc4ccc5c(c4)OCO5)CC3)c2)nc1)c1ccc(Cl)c(Cl)c1.O=C(O)/C=C/C(=O)O. The van der Waals surface area contributed by atoms with Crippen molar-refractivity contribution in [3.05, 3.63) is 124 Å². The summed E-state index contributed by atoms with van der Waals surface area (Å²) in [5, 5.41) is 17.3. The maximum Gasteiger partial charge on any atom is 0.328 e. The van der Waals surface area contributed by atoms with E-state index in [9.17, 15) is 19.2 Å². The number of carbonyl (C=O) groups is 4. The van der Waals surface area contributed by atoms with Gasteiger partial charge in [-0.3, -0.25) is 14.5 Å². The van der Waals surface area contributed by atoms with Crippen LogP contribution in [0.3, 0.4) is 0 Å². The van der Waals surface area contributed by atoms with E-state index in [0.717, 1.165) is 47.6 Å². The van der Waals surface area contributed by atoms with Gasteiger partial charge >= 0.3 is 11.9 Å². The number of pyridine rings is 1. The van der Waals surface area contributed by atoms with Gasteiger partial charge in [0.2, 0.25) is 18.6 Å². The van der Waals surface area contributed by atoms with Crippen LogP contribution in [0.5, 0.6) is 23.1 Å².